The summed E-state index contributed by atoms with van der Waals surface area (Å²) in [6.45, 7) is -3.12. The van der Waals surface area contributed by atoms with Gasteiger partial charge in [-0.15, -0.1) is 0 Å². The van der Waals surface area contributed by atoms with Crippen molar-refractivity contribution in [2.45, 2.75) is 6.61 Å². The molecule has 16 heavy (non-hydrogen) atoms. The Kier molecular flexibility index (Phi) is 3.33. The Hall–Kier alpha value is -2.25. The number of carbonyl (C=O) groups is 1. The molecule has 0 saturated carbocycles. The number of ether oxygens (including phenoxy) is 1. The van der Waals surface area contributed by atoms with Crippen LogP contribution in [0.5, 0.6) is 5.75 Å². The van der Waals surface area contributed by atoms with Crippen molar-refractivity contribution >= 4 is 11.7 Å². The van der Waals surface area contributed by atoms with Gasteiger partial charge in [-0.05, 0) is 6.07 Å². The van der Waals surface area contributed by atoms with Gasteiger partial charge in [-0.25, -0.2) is 4.79 Å². The number of carboxylic acid groups (broad SMARTS) is 1. The zero-order valence-corrected chi connectivity index (χ0v) is 7.59. The van der Waals surface area contributed by atoms with E-state index in [-0.39, 0.29) is 0 Å². The fourth-order valence-corrected chi connectivity index (χ4v) is 1.02. The molecule has 0 saturated heterocycles. The second-order valence-electron chi connectivity index (χ2n) is 2.62. The van der Waals surface area contributed by atoms with Crippen molar-refractivity contribution in [1.82, 2.24) is 0 Å². The molecule has 1 rings (SSSR count). The molecule has 6 nitrogen and oxygen atoms in total. The maximum atomic E-state index is 11.8. The summed E-state index contributed by atoms with van der Waals surface area (Å²) in [5, 5.41) is 19.0. The second-order valence-corrected chi connectivity index (χ2v) is 2.62. The standard InChI is InChI=1S/C8H5F2NO5/c9-8(10)16-4-1-2-6(11(14)15)5(3-4)7(12)13/h1-3,8H,(H,12,13). The summed E-state index contributed by atoms with van der Waals surface area (Å²) in [4.78, 5) is 20.1. The van der Waals surface area contributed by atoms with Gasteiger partial charge in [0.15, 0.2) is 0 Å². The highest BCUT2D eigenvalue weighted by Gasteiger charge is 2.21. The lowest BCUT2D eigenvalue weighted by Gasteiger charge is -2.05. The number of carboxylic acids is 1. The highest BCUT2D eigenvalue weighted by Crippen LogP contribution is 2.25. The first-order chi connectivity index (χ1) is 7.41. The average Bonchev–Trinajstić information content (AvgIpc) is 2.16. The van der Waals surface area contributed by atoms with Crippen LogP contribution in [0.3, 0.4) is 0 Å². The molecule has 1 N–H and O–H groups in total. The lowest BCUT2D eigenvalue weighted by molar-refractivity contribution is -0.385. The summed E-state index contributed by atoms with van der Waals surface area (Å²) in [6.07, 6.45) is 0. The zero-order valence-electron chi connectivity index (χ0n) is 7.59. The quantitative estimate of drug-likeness (QED) is 0.633. The SMILES string of the molecule is O=C(O)c1cc(OC(F)F)ccc1[N+](=O)[O-]. The Labute approximate surface area is 87.2 Å². The Morgan fingerprint density at radius 3 is 2.56 bits per heavy atom. The molecule has 8 heteroatoms. The molecule has 0 aliphatic rings. The maximum Gasteiger partial charge on any atom is 0.387 e. The van der Waals surface area contributed by atoms with Crippen LogP contribution in [-0.2, 0) is 0 Å². The number of rotatable bonds is 4. The van der Waals surface area contributed by atoms with Gasteiger partial charge in [0.25, 0.3) is 5.69 Å². The van der Waals surface area contributed by atoms with Crippen LogP contribution in [0.25, 0.3) is 0 Å². The molecule has 0 heterocycles. The summed E-state index contributed by atoms with van der Waals surface area (Å²) in [6, 6.07) is 2.37. The fourth-order valence-electron chi connectivity index (χ4n) is 1.02. The van der Waals surface area contributed by atoms with Crippen LogP contribution < -0.4 is 4.74 Å². The fraction of sp³-hybridized carbons (Fsp3) is 0.125. The highest BCUT2D eigenvalue weighted by molar-refractivity contribution is 5.92. The minimum atomic E-state index is -3.12. The third-order valence-corrected chi connectivity index (χ3v) is 1.62. The van der Waals surface area contributed by atoms with Gasteiger partial charge < -0.3 is 9.84 Å². The Morgan fingerprint density at radius 2 is 2.12 bits per heavy atom. The first kappa shape index (κ1) is 11.8. The van der Waals surface area contributed by atoms with Crippen molar-refractivity contribution in [3.05, 3.63) is 33.9 Å². The Balaban J connectivity index is 3.17. The van der Waals surface area contributed by atoms with Crippen molar-refractivity contribution in [3.8, 4) is 5.75 Å². The molecule has 0 aliphatic heterocycles. The average molecular weight is 233 g/mol. The van der Waals surface area contributed by atoms with E-state index in [9.17, 15) is 23.7 Å². The van der Waals surface area contributed by atoms with E-state index in [1.54, 1.807) is 0 Å². The molecule has 86 valence electrons. The topological polar surface area (TPSA) is 89.7 Å². The number of nitro benzene ring substituents is 1. The predicted octanol–water partition coefficient (Wildman–Crippen LogP) is 1.89. The van der Waals surface area contributed by atoms with E-state index in [1.165, 1.54) is 0 Å². The van der Waals surface area contributed by atoms with Crippen molar-refractivity contribution in [2.24, 2.45) is 0 Å². The van der Waals surface area contributed by atoms with E-state index in [2.05, 4.69) is 4.74 Å². The third kappa shape index (κ3) is 2.62. The van der Waals surface area contributed by atoms with Gasteiger partial charge in [0.1, 0.15) is 11.3 Å². The van der Waals surface area contributed by atoms with Gasteiger partial charge in [0, 0.05) is 12.1 Å². The number of aromatic carboxylic acids is 1. The monoisotopic (exact) mass is 233 g/mol. The van der Waals surface area contributed by atoms with Gasteiger partial charge in [-0.2, -0.15) is 8.78 Å². The van der Waals surface area contributed by atoms with Crippen molar-refractivity contribution in [3.63, 3.8) is 0 Å². The summed E-state index contributed by atoms with van der Waals surface area (Å²) in [5.41, 5.74) is -1.39. The number of halogens is 2. The van der Waals surface area contributed by atoms with Crippen LogP contribution in [0.15, 0.2) is 18.2 Å². The van der Waals surface area contributed by atoms with Gasteiger partial charge in [-0.3, -0.25) is 10.1 Å². The number of alkyl halides is 2. The molecule has 0 fully saturated rings. The van der Waals surface area contributed by atoms with Crippen LogP contribution in [0.2, 0.25) is 0 Å². The molecule has 0 unspecified atom stereocenters. The van der Waals surface area contributed by atoms with Crippen LogP contribution in [0, 0.1) is 10.1 Å². The van der Waals surface area contributed by atoms with Crippen LogP contribution in [0.1, 0.15) is 10.4 Å². The number of nitro groups is 1. The number of hydrogen-bond donors (Lipinski definition) is 1. The summed E-state index contributed by atoms with van der Waals surface area (Å²) in [7, 11) is 0. The molecule has 0 atom stereocenters. The molecule has 0 amide bonds. The van der Waals surface area contributed by atoms with E-state index in [1.807, 2.05) is 0 Å². The maximum absolute atomic E-state index is 11.8. The molecule has 1 aromatic rings. The minimum absolute atomic E-state index is 0.446. The normalized spacial score (nSPS) is 10.2. The summed E-state index contributed by atoms with van der Waals surface area (Å²) >= 11 is 0. The number of benzene rings is 1. The molecular formula is C8H5F2NO5. The van der Waals surface area contributed by atoms with Gasteiger partial charge in [-0.1, -0.05) is 0 Å². The van der Waals surface area contributed by atoms with E-state index in [0.29, 0.717) is 6.07 Å². The molecule has 0 bridgehead atoms. The van der Waals surface area contributed by atoms with Gasteiger partial charge >= 0.3 is 12.6 Å². The van der Waals surface area contributed by atoms with Gasteiger partial charge in [0.05, 0.1) is 4.92 Å². The van der Waals surface area contributed by atoms with E-state index in [4.69, 9.17) is 5.11 Å². The van der Waals surface area contributed by atoms with E-state index < -0.39 is 34.5 Å². The zero-order chi connectivity index (χ0) is 12.3. The smallest absolute Gasteiger partial charge is 0.387 e. The Morgan fingerprint density at radius 1 is 1.50 bits per heavy atom. The van der Waals surface area contributed by atoms with Gasteiger partial charge in [0.2, 0.25) is 0 Å². The first-order valence-corrected chi connectivity index (χ1v) is 3.88. The third-order valence-electron chi connectivity index (χ3n) is 1.62. The predicted molar refractivity (Wildman–Crippen MR) is 46.7 cm³/mol. The van der Waals surface area contributed by atoms with Crippen molar-refractivity contribution < 1.29 is 28.3 Å². The molecule has 0 spiro atoms. The Bertz CT molecular complexity index is 434. The van der Waals surface area contributed by atoms with Crippen molar-refractivity contribution in [2.75, 3.05) is 0 Å². The van der Waals surface area contributed by atoms with E-state index >= 15 is 0 Å². The van der Waals surface area contributed by atoms with Crippen LogP contribution in [0.4, 0.5) is 14.5 Å². The first-order valence-electron chi connectivity index (χ1n) is 3.88. The summed E-state index contributed by atoms with van der Waals surface area (Å²) in [5.74, 6) is -2.04. The van der Waals surface area contributed by atoms with Crippen LogP contribution in [-0.4, -0.2) is 22.6 Å². The molecule has 0 radical (unpaired) electrons. The molecule has 0 aliphatic carbocycles. The largest absolute Gasteiger partial charge is 0.477 e. The molecule has 1 aromatic carbocycles. The lowest BCUT2D eigenvalue weighted by atomic mass is 10.2. The second kappa shape index (κ2) is 4.51. The van der Waals surface area contributed by atoms with Crippen LogP contribution >= 0.6 is 0 Å². The number of hydrogen-bond acceptors (Lipinski definition) is 4. The lowest BCUT2D eigenvalue weighted by Crippen LogP contribution is -2.06. The summed E-state index contributed by atoms with van der Waals surface area (Å²) < 4.78 is 27.5. The highest BCUT2D eigenvalue weighted by atomic mass is 19.3. The van der Waals surface area contributed by atoms with E-state index in [0.717, 1.165) is 12.1 Å². The molecule has 0 aromatic heterocycles. The molecular weight excluding hydrogens is 228 g/mol. The number of nitrogens with zero attached hydrogens (tertiary/aromatic N) is 1. The van der Waals surface area contributed by atoms with Crippen molar-refractivity contribution in [1.29, 1.82) is 0 Å². The minimum Gasteiger partial charge on any atom is -0.477 e.